The first-order valence-corrected chi connectivity index (χ1v) is 24.0. The summed E-state index contributed by atoms with van der Waals surface area (Å²) in [6.07, 6.45) is 0. The van der Waals surface area contributed by atoms with Crippen LogP contribution in [0.2, 0.25) is 0 Å². The molecule has 0 saturated carbocycles. The Labute approximate surface area is 398 Å². The number of rotatable bonds is 6. The molecule has 0 saturated heterocycles. The Morgan fingerprint density at radius 2 is 0.662 bits per heavy atom. The second-order valence-electron chi connectivity index (χ2n) is 17.8. The van der Waals surface area contributed by atoms with Crippen molar-refractivity contribution < 1.29 is 0 Å². The average molecular weight is 882 g/mol. The van der Waals surface area contributed by atoms with Crippen LogP contribution in [0, 0.1) is 0 Å². The maximum absolute atomic E-state index is 5.27. The van der Waals surface area contributed by atoms with E-state index in [1.54, 1.807) is 0 Å². The fourth-order valence-electron chi connectivity index (χ4n) is 11.1. The molecule has 0 fully saturated rings. The molecule has 316 valence electrons. The van der Waals surface area contributed by atoms with E-state index in [0.29, 0.717) is 17.5 Å². The summed E-state index contributed by atoms with van der Waals surface area (Å²) in [6.45, 7) is 0. The Bertz CT molecular complexity index is 3900. The van der Waals surface area contributed by atoms with Crippen LogP contribution < -0.4 is 0 Å². The maximum Gasteiger partial charge on any atom is 0.164 e. The minimum atomic E-state index is -0.414. The lowest BCUT2D eigenvalue weighted by atomic mass is 9.70. The van der Waals surface area contributed by atoms with Crippen LogP contribution >= 0.6 is 11.3 Å². The van der Waals surface area contributed by atoms with Crippen molar-refractivity contribution in [3.05, 3.63) is 259 Å². The molecule has 0 aliphatic heterocycles. The van der Waals surface area contributed by atoms with E-state index in [1.807, 2.05) is 17.4 Å². The molecule has 2 heterocycles. The largest absolute Gasteiger partial charge is 0.208 e. The predicted octanol–water partition coefficient (Wildman–Crippen LogP) is 16.6. The van der Waals surface area contributed by atoms with Crippen LogP contribution in [0.1, 0.15) is 22.3 Å². The molecule has 3 nitrogen and oxygen atoms in total. The van der Waals surface area contributed by atoms with E-state index in [1.165, 1.54) is 81.4 Å². The summed E-state index contributed by atoms with van der Waals surface area (Å²) >= 11 is 1.87. The molecule has 0 N–H and O–H groups in total. The Hall–Kier alpha value is -8.57. The number of hydrogen-bond acceptors (Lipinski definition) is 4. The lowest BCUT2D eigenvalue weighted by Gasteiger charge is -2.30. The van der Waals surface area contributed by atoms with Gasteiger partial charge in [0.25, 0.3) is 0 Å². The van der Waals surface area contributed by atoms with Gasteiger partial charge >= 0.3 is 0 Å². The summed E-state index contributed by atoms with van der Waals surface area (Å²) in [6, 6.07) is 85.6. The minimum Gasteiger partial charge on any atom is -0.208 e. The topological polar surface area (TPSA) is 38.7 Å². The van der Waals surface area contributed by atoms with Gasteiger partial charge in [0.05, 0.1) is 5.41 Å². The lowest BCUT2D eigenvalue weighted by Crippen LogP contribution is -2.25. The summed E-state index contributed by atoms with van der Waals surface area (Å²) in [5.41, 5.74) is 19.8. The zero-order chi connectivity index (χ0) is 44.8. The van der Waals surface area contributed by atoms with E-state index < -0.39 is 5.41 Å². The van der Waals surface area contributed by atoms with Crippen molar-refractivity contribution in [3.63, 3.8) is 0 Å². The first kappa shape index (κ1) is 38.7. The highest BCUT2D eigenvalue weighted by molar-refractivity contribution is 7.26. The second-order valence-corrected chi connectivity index (χ2v) is 18.9. The van der Waals surface area contributed by atoms with Gasteiger partial charge in [-0.05, 0) is 90.0 Å². The van der Waals surface area contributed by atoms with Crippen molar-refractivity contribution in [1.82, 2.24) is 15.0 Å². The molecule has 68 heavy (non-hydrogen) atoms. The monoisotopic (exact) mass is 881 g/mol. The Kier molecular flexibility index (Phi) is 8.67. The van der Waals surface area contributed by atoms with Crippen molar-refractivity contribution in [2.24, 2.45) is 0 Å². The van der Waals surface area contributed by atoms with Crippen LogP contribution in [0.3, 0.4) is 0 Å². The van der Waals surface area contributed by atoms with Crippen LogP contribution in [-0.2, 0) is 5.41 Å². The minimum absolute atomic E-state index is 0.414. The molecule has 0 unspecified atom stereocenters. The number of nitrogens with zero attached hydrogens (tertiary/aromatic N) is 3. The summed E-state index contributed by atoms with van der Waals surface area (Å²) in [5.74, 6) is 1.90. The summed E-state index contributed by atoms with van der Waals surface area (Å²) in [7, 11) is 0. The smallest absolute Gasteiger partial charge is 0.164 e. The van der Waals surface area contributed by atoms with Crippen LogP contribution in [0.25, 0.3) is 110 Å². The first-order chi connectivity index (χ1) is 33.7. The number of hydrogen-bond donors (Lipinski definition) is 0. The maximum atomic E-state index is 5.27. The van der Waals surface area contributed by atoms with Crippen LogP contribution in [0.5, 0.6) is 0 Å². The zero-order valence-corrected chi connectivity index (χ0v) is 37.6. The molecule has 0 radical (unpaired) electrons. The molecular weight excluding hydrogens is 843 g/mol. The molecule has 0 atom stereocenters. The van der Waals surface area contributed by atoms with Crippen molar-refractivity contribution in [3.8, 4) is 89.8 Å². The van der Waals surface area contributed by atoms with Gasteiger partial charge in [0.1, 0.15) is 0 Å². The van der Waals surface area contributed by atoms with Gasteiger partial charge in [0, 0.05) is 36.9 Å². The third-order valence-corrected chi connectivity index (χ3v) is 15.4. The molecule has 4 heteroatoms. The third kappa shape index (κ3) is 5.88. The van der Waals surface area contributed by atoms with Gasteiger partial charge in [0.2, 0.25) is 0 Å². The number of benzene rings is 10. The summed E-state index contributed by atoms with van der Waals surface area (Å²) < 4.78 is 2.64. The Morgan fingerprint density at radius 1 is 0.265 bits per heavy atom. The SMILES string of the molecule is c1ccc(-c2ccc(-c3nc(-c4ccc(-c5ccc(-c6cccc7c6sc6ccccc67)cc5)cc4)nc(-c4ccc5c(c4)-c4ccccc4C54c5ccccc5-c5ccccc54)n3)cc2)cc1. The Morgan fingerprint density at radius 3 is 1.25 bits per heavy atom. The molecule has 2 aliphatic carbocycles. The molecule has 2 aromatic heterocycles. The van der Waals surface area contributed by atoms with Crippen molar-refractivity contribution in [2.45, 2.75) is 5.41 Å². The second kappa shape index (κ2) is 15.2. The van der Waals surface area contributed by atoms with Crippen LogP contribution in [0.15, 0.2) is 237 Å². The van der Waals surface area contributed by atoms with Gasteiger partial charge in [-0.1, -0.05) is 224 Å². The fraction of sp³-hybridized carbons (Fsp3) is 0.0156. The predicted molar refractivity (Wildman–Crippen MR) is 282 cm³/mol. The molecule has 0 amide bonds. The number of aromatic nitrogens is 3. The average Bonchev–Trinajstić information content (AvgIpc) is 4.05. The quantitative estimate of drug-likeness (QED) is 0.167. The van der Waals surface area contributed by atoms with E-state index in [-0.39, 0.29) is 0 Å². The van der Waals surface area contributed by atoms with Crippen molar-refractivity contribution in [1.29, 1.82) is 0 Å². The van der Waals surface area contributed by atoms with Crippen LogP contribution in [-0.4, -0.2) is 15.0 Å². The van der Waals surface area contributed by atoms with E-state index in [0.717, 1.165) is 33.4 Å². The highest BCUT2D eigenvalue weighted by Gasteiger charge is 2.51. The molecule has 0 bridgehead atoms. The molecule has 10 aromatic carbocycles. The van der Waals surface area contributed by atoms with Crippen molar-refractivity contribution in [2.75, 3.05) is 0 Å². The summed E-state index contributed by atoms with van der Waals surface area (Å²) in [5, 5.41) is 2.63. The van der Waals surface area contributed by atoms with Gasteiger partial charge < -0.3 is 0 Å². The van der Waals surface area contributed by atoms with E-state index in [9.17, 15) is 0 Å². The highest BCUT2D eigenvalue weighted by Crippen LogP contribution is 2.63. The van der Waals surface area contributed by atoms with E-state index in [2.05, 4.69) is 231 Å². The van der Waals surface area contributed by atoms with E-state index >= 15 is 0 Å². The molecule has 1 spiro atoms. The van der Waals surface area contributed by atoms with E-state index in [4.69, 9.17) is 15.0 Å². The number of fused-ring (bicyclic) bond motifs is 13. The first-order valence-electron chi connectivity index (χ1n) is 23.2. The standard InChI is InChI=1S/C64H39N3S/c1-2-13-40(14-3-1)41-27-33-45(34-28-41)61-65-62(46-35-29-43(30-36-46)42-25-31-44(32-26-42)48-19-12-20-53-52-18-7-11-24-59(52)68-60(48)53)67-63(66-61)47-37-38-58-54(39-47)51-17-6-10-23-57(51)64(58)55-21-8-4-15-49(55)50-16-5-9-22-56(50)64/h1-39H. The Balaban J connectivity index is 0.862. The highest BCUT2D eigenvalue weighted by atomic mass is 32.1. The van der Waals surface area contributed by atoms with Gasteiger partial charge in [-0.15, -0.1) is 11.3 Å². The van der Waals surface area contributed by atoms with Gasteiger partial charge in [0.15, 0.2) is 17.5 Å². The summed E-state index contributed by atoms with van der Waals surface area (Å²) in [4.78, 5) is 15.7. The number of thiophene rings is 1. The third-order valence-electron chi connectivity index (χ3n) is 14.2. The fourth-order valence-corrected chi connectivity index (χ4v) is 12.3. The molecular formula is C64H39N3S. The molecule has 12 aromatic rings. The normalized spacial score (nSPS) is 12.8. The molecule has 2 aliphatic rings. The lowest BCUT2D eigenvalue weighted by molar-refractivity contribution is 0.794. The van der Waals surface area contributed by atoms with Gasteiger partial charge in [-0.25, -0.2) is 15.0 Å². The van der Waals surface area contributed by atoms with Crippen LogP contribution in [0.4, 0.5) is 0 Å². The zero-order valence-electron chi connectivity index (χ0n) is 36.8. The van der Waals surface area contributed by atoms with Gasteiger partial charge in [-0.2, -0.15) is 0 Å². The van der Waals surface area contributed by atoms with Gasteiger partial charge in [-0.3, -0.25) is 0 Å². The molecule has 14 rings (SSSR count). The van der Waals surface area contributed by atoms with Crippen molar-refractivity contribution >= 4 is 31.5 Å².